The number of likely N-dealkylation sites (tertiary alicyclic amines) is 1. The molecule has 0 aromatic carbocycles. The van der Waals surface area contributed by atoms with Gasteiger partial charge in [0.2, 0.25) is 11.7 Å². The number of fused-ring (bicyclic) bond motifs is 1. The molecule has 1 aliphatic rings. The van der Waals surface area contributed by atoms with E-state index in [2.05, 4.69) is 22.1 Å². The molecule has 0 N–H and O–H groups in total. The molecular formula is C19H21N5O. The van der Waals surface area contributed by atoms with Crippen LogP contribution < -0.4 is 0 Å². The number of pyridine rings is 1. The minimum absolute atomic E-state index is 0.180. The lowest BCUT2D eigenvalue weighted by Crippen LogP contribution is -2.37. The first-order valence-corrected chi connectivity index (χ1v) is 8.70. The fourth-order valence-corrected chi connectivity index (χ4v) is 3.50. The highest BCUT2D eigenvalue weighted by atomic mass is 16.2. The molecule has 0 spiro atoms. The summed E-state index contributed by atoms with van der Waals surface area (Å²) in [5, 5.41) is 0. The first-order valence-electron chi connectivity index (χ1n) is 8.70. The van der Waals surface area contributed by atoms with Gasteiger partial charge in [-0.25, -0.2) is 9.97 Å². The first kappa shape index (κ1) is 15.7. The summed E-state index contributed by atoms with van der Waals surface area (Å²) in [6, 6.07) is 8.05. The number of imidazole rings is 1. The van der Waals surface area contributed by atoms with Gasteiger partial charge in [0.05, 0.1) is 17.6 Å². The van der Waals surface area contributed by atoms with Crippen molar-refractivity contribution in [3.05, 3.63) is 48.5 Å². The highest BCUT2D eigenvalue weighted by molar-refractivity contribution is 5.73. The van der Waals surface area contributed by atoms with E-state index in [0.717, 1.165) is 49.4 Å². The molecule has 1 amide bonds. The van der Waals surface area contributed by atoms with E-state index in [1.165, 1.54) is 0 Å². The van der Waals surface area contributed by atoms with Gasteiger partial charge in [0, 0.05) is 38.1 Å². The number of hydrogen-bond acceptors (Lipinski definition) is 4. The maximum absolute atomic E-state index is 11.4. The van der Waals surface area contributed by atoms with E-state index >= 15 is 0 Å². The molecule has 1 aliphatic heterocycles. The molecule has 1 saturated heterocycles. The van der Waals surface area contributed by atoms with Gasteiger partial charge in [-0.15, -0.1) is 0 Å². The van der Waals surface area contributed by atoms with Crippen molar-refractivity contribution in [2.24, 2.45) is 5.92 Å². The zero-order chi connectivity index (χ0) is 17.2. The SMILES string of the molecule is CC(=O)N1CCC(Cc2cccc(-c3cnc4ncccn34)n2)CC1. The number of nitrogens with zero attached hydrogens (tertiary/aromatic N) is 5. The number of carbonyl (C=O) groups is 1. The third-order valence-corrected chi connectivity index (χ3v) is 4.92. The van der Waals surface area contributed by atoms with Crippen LogP contribution in [0.5, 0.6) is 0 Å². The Balaban J connectivity index is 1.51. The molecule has 0 unspecified atom stereocenters. The highest BCUT2D eigenvalue weighted by Gasteiger charge is 2.21. The summed E-state index contributed by atoms with van der Waals surface area (Å²) in [6.07, 6.45) is 8.56. The van der Waals surface area contributed by atoms with Crippen molar-refractivity contribution in [1.82, 2.24) is 24.3 Å². The normalized spacial score (nSPS) is 15.6. The van der Waals surface area contributed by atoms with Gasteiger partial charge in [0.1, 0.15) is 0 Å². The van der Waals surface area contributed by atoms with Gasteiger partial charge in [-0.3, -0.25) is 14.2 Å². The van der Waals surface area contributed by atoms with Crippen LogP contribution in [0.1, 0.15) is 25.5 Å². The molecule has 0 aliphatic carbocycles. The van der Waals surface area contributed by atoms with E-state index in [0.29, 0.717) is 11.7 Å². The molecule has 0 atom stereocenters. The van der Waals surface area contributed by atoms with Gasteiger partial charge in [-0.2, -0.15) is 0 Å². The lowest BCUT2D eigenvalue weighted by Gasteiger charge is -2.31. The molecule has 0 saturated carbocycles. The van der Waals surface area contributed by atoms with Crippen molar-refractivity contribution in [1.29, 1.82) is 0 Å². The average Bonchev–Trinajstić information content (AvgIpc) is 3.06. The zero-order valence-corrected chi connectivity index (χ0v) is 14.3. The lowest BCUT2D eigenvalue weighted by molar-refractivity contribution is -0.130. The summed E-state index contributed by atoms with van der Waals surface area (Å²) in [5.74, 6) is 1.45. The van der Waals surface area contributed by atoms with Crippen molar-refractivity contribution in [3.63, 3.8) is 0 Å². The molecule has 128 valence electrons. The average molecular weight is 335 g/mol. The van der Waals surface area contributed by atoms with Gasteiger partial charge < -0.3 is 4.90 Å². The summed E-state index contributed by atoms with van der Waals surface area (Å²) >= 11 is 0. The Kier molecular flexibility index (Phi) is 4.17. The summed E-state index contributed by atoms with van der Waals surface area (Å²) in [5.41, 5.74) is 2.97. The van der Waals surface area contributed by atoms with Gasteiger partial charge in [-0.05, 0) is 43.4 Å². The molecule has 0 radical (unpaired) electrons. The first-order chi connectivity index (χ1) is 12.2. The molecule has 6 heteroatoms. The van der Waals surface area contributed by atoms with Crippen LogP contribution in [0.4, 0.5) is 0 Å². The largest absolute Gasteiger partial charge is 0.343 e. The maximum atomic E-state index is 11.4. The molecule has 3 aromatic rings. The molecule has 1 fully saturated rings. The second-order valence-electron chi connectivity index (χ2n) is 6.60. The quantitative estimate of drug-likeness (QED) is 0.738. The van der Waals surface area contributed by atoms with Gasteiger partial charge in [-0.1, -0.05) is 6.07 Å². The summed E-state index contributed by atoms with van der Waals surface area (Å²) in [7, 11) is 0. The Morgan fingerprint density at radius 2 is 2.04 bits per heavy atom. The smallest absolute Gasteiger partial charge is 0.234 e. The lowest BCUT2D eigenvalue weighted by atomic mass is 9.92. The topological polar surface area (TPSA) is 63.4 Å². The second kappa shape index (κ2) is 6.63. The number of rotatable bonds is 3. The number of carbonyl (C=O) groups excluding carboxylic acids is 1. The number of piperidine rings is 1. The van der Waals surface area contributed by atoms with Crippen molar-refractivity contribution in [2.45, 2.75) is 26.2 Å². The molecule has 4 heterocycles. The summed E-state index contributed by atoms with van der Waals surface area (Å²) < 4.78 is 1.96. The van der Waals surface area contributed by atoms with Crippen molar-refractivity contribution in [2.75, 3.05) is 13.1 Å². The highest BCUT2D eigenvalue weighted by Crippen LogP contribution is 2.23. The molecule has 3 aromatic heterocycles. The van der Waals surface area contributed by atoms with E-state index in [1.54, 1.807) is 13.1 Å². The van der Waals surface area contributed by atoms with Crippen molar-refractivity contribution < 1.29 is 4.79 Å². The Morgan fingerprint density at radius 3 is 2.84 bits per heavy atom. The van der Waals surface area contributed by atoms with Crippen molar-refractivity contribution in [3.8, 4) is 11.4 Å². The number of amides is 1. The molecular weight excluding hydrogens is 314 g/mol. The molecule has 25 heavy (non-hydrogen) atoms. The number of hydrogen-bond donors (Lipinski definition) is 0. The van der Waals surface area contributed by atoms with E-state index in [9.17, 15) is 4.79 Å². The van der Waals surface area contributed by atoms with Gasteiger partial charge >= 0.3 is 0 Å². The molecule has 6 nitrogen and oxygen atoms in total. The minimum atomic E-state index is 0.180. The Bertz CT molecular complexity index is 895. The Hall–Kier alpha value is -2.76. The van der Waals surface area contributed by atoms with Crippen LogP contribution in [-0.4, -0.2) is 43.2 Å². The van der Waals surface area contributed by atoms with Crippen LogP contribution in [-0.2, 0) is 11.2 Å². The summed E-state index contributed by atoms with van der Waals surface area (Å²) in [6.45, 7) is 3.37. The van der Waals surface area contributed by atoms with E-state index < -0.39 is 0 Å². The Morgan fingerprint density at radius 1 is 1.20 bits per heavy atom. The maximum Gasteiger partial charge on any atom is 0.234 e. The molecule has 0 bridgehead atoms. The third-order valence-electron chi connectivity index (χ3n) is 4.92. The summed E-state index contributed by atoms with van der Waals surface area (Å²) in [4.78, 5) is 26.8. The predicted octanol–water partition coefficient (Wildman–Crippen LogP) is 2.59. The standard InChI is InChI=1S/C19H21N5O/c1-14(25)23-10-6-15(7-11-23)12-16-4-2-5-17(22-16)18-13-21-19-20-8-3-9-24(18)19/h2-5,8-9,13,15H,6-7,10-12H2,1H3. The van der Waals surface area contributed by atoms with Crippen LogP contribution in [0.2, 0.25) is 0 Å². The van der Waals surface area contributed by atoms with Crippen LogP contribution in [0.25, 0.3) is 17.2 Å². The Labute approximate surface area is 146 Å². The van der Waals surface area contributed by atoms with Crippen LogP contribution in [0.15, 0.2) is 42.9 Å². The van der Waals surface area contributed by atoms with E-state index in [1.807, 2.05) is 33.8 Å². The van der Waals surface area contributed by atoms with Crippen LogP contribution >= 0.6 is 0 Å². The fourth-order valence-electron chi connectivity index (χ4n) is 3.50. The fraction of sp³-hybridized carbons (Fsp3) is 0.368. The monoisotopic (exact) mass is 335 g/mol. The van der Waals surface area contributed by atoms with Gasteiger partial charge in [0.25, 0.3) is 0 Å². The van der Waals surface area contributed by atoms with Crippen LogP contribution in [0.3, 0.4) is 0 Å². The van der Waals surface area contributed by atoms with Crippen molar-refractivity contribution >= 4 is 11.7 Å². The molecule has 4 rings (SSSR count). The van der Waals surface area contributed by atoms with Gasteiger partial charge in [0.15, 0.2) is 0 Å². The predicted molar refractivity (Wildman–Crippen MR) is 94.9 cm³/mol. The second-order valence-corrected chi connectivity index (χ2v) is 6.60. The third kappa shape index (κ3) is 3.24. The van der Waals surface area contributed by atoms with Crippen LogP contribution in [0, 0.1) is 5.92 Å². The minimum Gasteiger partial charge on any atom is -0.343 e. The number of aromatic nitrogens is 4. The van der Waals surface area contributed by atoms with E-state index in [4.69, 9.17) is 4.98 Å². The zero-order valence-electron chi connectivity index (χ0n) is 14.3. The van der Waals surface area contributed by atoms with E-state index in [-0.39, 0.29) is 5.91 Å².